The molecule has 0 saturated carbocycles. The number of aromatic nitrogens is 2. The van der Waals surface area contributed by atoms with Gasteiger partial charge >= 0.3 is 0 Å². The first kappa shape index (κ1) is 23.4. The van der Waals surface area contributed by atoms with Crippen LogP contribution in [0.3, 0.4) is 0 Å². The van der Waals surface area contributed by atoms with Crippen molar-refractivity contribution in [3.63, 3.8) is 0 Å². The number of hydrogen-bond acceptors (Lipinski definition) is 4. The predicted octanol–water partition coefficient (Wildman–Crippen LogP) is 3.69. The van der Waals surface area contributed by atoms with Crippen LogP contribution in [0.5, 0.6) is 0 Å². The first-order valence-electron chi connectivity index (χ1n) is 11.5. The number of anilines is 1. The van der Waals surface area contributed by atoms with E-state index in [1.807, 2.05) is 4.90 Å². The number of nitrogens with zero attached hydrogens (tertiary/aromatic N) is 4. The van der Waals surface area contributed by atoms with E-state index < -0.39 is 11.6 Å². The van der Waals surface area contributed by atoms with Gasteiger partial charge in [0.25, 0.3) is 5.91 Å². The Labute approximate surface area is 206 Å². The van der Waals surface area contributed by atoms with Crippen LogP contribution in [0.4, 0.5) is 14.5 Å². The lowest BCUT2D eigenvalue weighted by Gasteiger charge is -2.34. The van der Waals surface area contributed by atoms with Crippen LogP contribution in [0.15, 0.2) is 42.5 Å². The Morgan fingerprint density at radius 2 is 1.77 bits per heavy atom. The maximum Gasteiger partial charge on any atom is 0.274 e. The maximum atomic E-state index is 13.8. The lowest BCUT2D eigenvalue weighted by molar-refractivity contribution is -0.117. The number of carbonyl (C=O) groups is 2. The van der Waals surface area contributed by atoms with E-state index in [1.165, 1.54) is 6.07 Å². The summed E-state index contributed by atoms with van der Waals surface area (Å²) in [6.07, 6.45) is 2.33. The number of fused-ring (bicyclic) bond motifs is 1. The monoisotopic (exact) mass is 499 g/mol. The van der Waals surface area contributed by atoms with E-state index in [0.29, 0.717) is 48.3 Å². The Kier molecular flexibility index (Phi) is 6.53. The van der Waals surface area contributed by atoms with E-state index >= 15 is 0 Å². The highest BCUT2D eigenvalue weighted by molar-refractivity contribution is 6.33. The number of hydrogen-bond donors (Lipinski definition) is 1. The average molecular weight is 500 g/mol. The molecule has 0 spiro atoms. The Hall–Kier alpha value is -3.30. The van der Waals surface area contributed by atoms with Crippen LogP contribution in [0, 0.1) is 11.6 Å². The minimum Gasteiger partial charge on any atom is -0.335 e. The van der Waals surface area contributed by atoms with Crippen molar-refractivity contribution in [2.75, 3.05) is 38.0 Å². The molecule has 182 valence electrons. The maximum absolute atomic E-state index is 13.8. The summed E-state index contributed by atoms with van der Waals surface area (Å²) in [6, 6.07) is 10.7. The minimum atomic E-state index is -0.952. The number of para-hydroxylation sites is 1. The van der Waals surface area contributed by atoms with Crippen LogP contribution in [0.2, 0.25) is 5.02 Å². The van der Waals surface area contributed by atoms with Crippen molar-refractivity contribution >= 4 is 29.1 Å². The molecule has 0 unspecified atom stereocenters. The van der Waals surface area contributed by atoms with Crippen LogP contribution in [-0.4, -0.2) is 64.1 Å². The molecule has 0 atom stereocenters. The van der Waals surface area contributed by atoms with Crippen molar-refractivity contribution < 1.29 is 18.4 Å². The van der Waals surface area contributed by atoms with E-state index in [-0.39, 0.29) is 18.4 Å². The summed E-state index contributed by atoms with van der Waals surface area (Å²) >= 11 is 6.10. The molecule has 1 saturated heterocycles. The quantitative estimate of drug-likeness (QED) is 0.581. The lowest BCUT2D eigenvalue weighted by atomic mass is 10.1. The Morgan fingerprint density at radius 1 is 1.00 bits per heavy atom. The van der Waals surface area contributed by atoms with Gasteiger partial charge in [0.1, 0.15) is 0 Å². The van der Waals surface area contributed by atoms with E-state index in [0.717, 1.165) is 42.7 Å². The molecule has 1 aliphatic heterocycles. The molecule has 2 amide bonds. The summed E-state index contributed by atoms with van der Waals surface area (Å²) < 4.78 is 28.8. The van der Waals surface area contributed by atoms with Crippen LogP contribution in [0.1, 0.15) is 28.2 Å². The van der Waals surface area contributed by atoms with Crippen molar-refractivity contribution in [3.8, 4) is 5.69 Å². The van der Waals surface area contributed by atoms with Crippen molar-refractivity contribution in [2.45, 2.75) is 19.3 Å². The Balaban J connectivity index is 1.24. The van der Waals surface area contributed by atoms with Crippen LogP contribution < -0.4 is 5.32 Å². The van der Waals surface area contributed by atoms with Gasteiger partial charge in [-0.3, -0.25) is 14.5 Å². The first-order valence-corrected chi connectivity index (χ1v) is 11.9. The lowest BCUT2D eigenvalue weighted by Crippen LogP contribution is -2.50. The second-order valence-electron chi connectivity index (χ2n) is 8.73. The third-order valence-corrected chi connectivity index (χ3v) is 6.78. The summed E-state index contributed by atoms with van der Waals surface area (Å²) in [4.78, 5) is 29.5. The normalized spacial score (nSPS) is 15.8. The molecule has 35 heavy (non-hydrogen) atoms. The number of amides is 2. The van der Waals surface area contributed by atoms with Gasteiger partial charge in [0, 0.05) is 43.5 Å². The SMILES string of the molecule is O=C(CN1CCN(C(=O)c2nn(-c3ccc(F)c(F)c3)c3c2CCC3)CC1)Nc1ccccc1Cl. The van der Waals surface area contributed by atoms with Crippen molar-refractivity contribution in [1.29, 1.82) is 0 Å². The summed E-state index contributed by atoms with van der Waals surface area (Å²) in [5, 5.41) is 7.81. The highest BCUT2D eigenvalue weighted by Gasteiger charge is 2.31. The highest BCUT2D eigenvalue weighted by atomic mass is 35.5. The van der Waals surface area contributed by atoms with Gasteiger partial charge in [-0.25, -0.2) is 13.5 Å². The topological polar surface area (TPSA) is 70.5 Å². The molecule has 3 aromatic rings. The van der Waals surface area contributed by atoms with E-state index in [1.54, 1.807) is 33.8 Å². The largest absolute Gasteiger partial charge is 0.335 e. The Morgan fingerprint density at radius 3 is 2.51 bits per heavy atom. The molecule has 7 nitrogen and oxygen atoms in total. The number of carbonyl (C=O) groups excluding carboxylic acids is 2. The zero-order valence-corrected chi connectivity index (χ0v) is 19.7. The molecular weight excluding hydrogens is 476 g/mol. The van der Waals surface area contributed by atoms with Gasteiger partial charge < -0.3 is 10.2 Å². The second-order valence-corrected chi connectivity index (χ2v) is 9.14. The van der Waals surface area contributed by atoms with E-state index in [9.17, 15) is 18.4 Å². The van der Waals surface area contributed by atoms with Gasteiger partial charge in [-0.05, 0) is 43.5 Å². The first-order chi connectivity index (χ1) is 16.9. The highest BCUT2D eigenvalue weighted by Crippen LogP contribution is 2.29. The van der Waals surface area contributed by atoms with Crippen molar-refractivity contribution in [1.82, 2.24) is 19.6 Å². The summed E-state index contributed by atoms with van der Waals surface area (Å²) in [6.45, 7) is 2.23. The second kappa shape index (κ2) is 9.75. The van der Waals surface area contributed by atoms with Gasteiger partial charge in [-0.2, -0.15) is 5.10 Å². The number of halogens is 3. The summed E-state index contributed by atoms with van der Waals surface area (Å²) in [5.74, 6) is -2.22. The van der Waals surface area contributed by atoms with Crippen LogP contribution in [-0.2, 0) is 17.6 Å². The smallest absolute Gasteiger partial charge is 0.274 e. The zero-order valence-electron chi connectivity index (χ0n) is 18.9. The molecule has 1 aliphatic carbocycles. The third kappa shape index (κ3) is 4.78. The predicted molar refractivity (Wildman–Crippen MR) is 128 cm³/mol. The van der Waals surface area contributed by atoms with Crippen LogP contribution in [0.25, 0.3) is 5.69 Å². The molecule has 5 rings (SSSR count). The molecule has 2 heterocycles. The molecule has 1 aromatic heterocycles. The molecule has 1 fully saturated rings. The van der Waals surface area contributed by atoms with E-state index in [4.69, 9.17) is 11.6 Å². The standard InChI is InChI=1S/C25H24ClF2N5O2/c26-18-5-1-2-6-21(18)29-23(34)15-31-10-12-32(13-11-31)25(35)24-17-4-3-7-22(17)33(30-24)16-8-9-19(27)20(28)14-16/h1-2,5-6,8-9,14H,3-4,7,10-13,15H2,(H,29,34). The molecular formula is C25H24ClF2N5O2. The van der Waals surface area contributed by atoms with Gasteiger partial charge in [-0.15, -0.1) is 0 Å². The van der Waals surface area contributed by atoms with Gasteiger partial charge in [0.2, 0.25) is 5.91 Å². The fourth-order valence-corrected chi connectivity index (χ4v) is 4.84. The molecule has 0 bridgehead atoms. The molecule has 2 aliphatic rings. The zero-order chi connectivity index (χ0) is 24.5. The fraction of sp³-hybridized carbons (Fsp3) is 0.320. The van der Waals surface area contributed by atoms with Crippen LogP contribution >= 0.6 is 11.6 Å². The van der Waals surface area contributed by atoms with Crippen molar-refractivity contribution in [2.24, 2.45) is 0 Å². The fourth-order valence-electron chi connectivity index (χ4n) is 4.65. The van der Waals surface area contributed by atoms with Gasteiger partial charge in [-0.1, -0.05) is 23.7 Å². The number of nitrogens with one attached hydrogen (secondary N) is 1. The van der Waals surface area contributed by atoms with Gasteiger partial charge in [0.05, 0.1) is 22.9 Å². The third-order valence-electron chi connectivity index (χ3n) is 6.46. The number of benzene rings is 2. The van der Waals surface area contributed by atoms with E-state index in [2.05, 4.69) is 10.4 Å². The summed E-state index contributed by atoms with van der Waals surface area (Å²) in [5.41, 5.74) is 3.08. The number of piperazine rings is 1. The molecule has 2 aromatic carbocycles. The summed E-state index contributed by atoms with van der Waals surface area (Å²) in [7, 11) is 0. The van der Waals surface area contributed by atoms with Gasteiger partial charge in [0.15, 0.2) is 17.3 Å². The van der Waals surface area contributed by atoms with Crippen molar-refractivity contribution in [3.05, 3.63) is 76.1 Å². The number of rotatable bonds is 5. The molecule has 10 heteroatoms. The molecule has 0 radical (unpaired) electrons. The Bertz CT molecular complexity index is 1290. The minimum absolute atomic E-state index is 0.166. The molecule has 1 N–H and O–H groups in total. The average Bonchev–Trinajstić information content (AvgIpc) is 3.46.